The third-order valence-corrected chi connectivity index (χ3v) is 2.27. The molecule has 2 rings (SSSR count). The first-order chi connectivity index (χ1) is 8.31. The Labute approximate surface area is 99.5 Å². The van der Waals surface area contributed by atoms with E-state index in [0.29, 0.717) is 5.88 Å². The van der Waals surface area contributed by atoms with Crippen molar-refractivity contribution >= 4 is 0 Å². The maximum atomic E-state index is 8.59. The predicted molar refractivity (Wildman–Crippen MR) is 62.6 cm³/mol. The van der Waals surface area contributed by atoms with Crippen molar-refractivity contribution in [1.82, 2.24) is 9.97 Å². The van der Waals surface area contributed by atoms with Crippen LogP contribution in [0.15, 0.2) is 36.7 Å². The summed E-state index contributed by atoms with van der Waals surface area (Å²) in [5.41, 5.74) is 1.48. The fraction of sp³-hybridized carbons (Fsp3) is 0.154. The molecule has 4 heteroatoms. The number of rotatable bonds is 3. The Morgan fingerprint density at radius 3 is 2.82 bits per heavy atom. The summed E-state index contributed by atoms with van der Waals surface area (Å²) >= 11 is 0. The minimum atomic E-state index is 0.277. The van der Waals surface area contributed by atoms with Crippen molar-refractivity contribution in [1.29, 1.82) is 5.26 Å². The highest BCUT2D eigenvalue weighted by atomic mass is 16.5. The molecule has 2 aromatic rings. The van der Waals surface area contributed by atoms with Crippen LogP contribution in [-0.4, -0.2) is 9.97 Å². The first-order valence-corrected chi connectivity index (χ1v) is 5.30. The molecule has 1 heterocycles. The largest absolute Gasteiger partial charge is 0.437 e. The van der Waals surface area contributed by atoms with Crippen molar-refractivity contribution in [3.8, 4) is 17.7 Å². The Morgan fingerprint density at radius 1 is 1.29 bits per heavy atom. The first kappa shape index (κ1) is 11.1. The van der Waals surface area contributed by atoms with Crippen molar-refractivity contribution in [3.05, 3.63) is 47.9 Å². The van der Waals surface area contributed by atoms with Crippen LogP contribution in [0.3, 0.4) is 0 Å². The third-order valence-electron chi connectivity index (χ3n) is 2.27. The predicted octanol–water partition coefficient (Wildman–Crippen LogP) is 2.70. The van der Waals surface area contributed by atoms with Crippen LogP contribution in [0.25, 0.3) is 0 Å². The van der Waals surface area contributed by atoms with Gasteiger partial charge in [-0.25, -0.2) is 9.97 Å². The van der Waals surface area contributed by atoms with E-state index in [2.05, 4.69) is 16.9 Å². The molecule has 4 nitrogen and oxygen atoms in total. The third kappa shape index (κ3) is 2.79. The van der Waals surface area contributed by atoms with Crippen molar-refractivity contribution < 1.29 is 4.74 Å². The molecule has 1 aromatic heterocycles. The van der Waals surface area contributed by atoms with E-state index in [9.17, 15) is 0 Å². The summed E-state index contributed by atoms with van der Waals surface area (Å²) in [7, 11) is 0. The lowest BCUT2D eigenvalue weighted by Gasteiger charge is -2.05. The second kappa shape index (κ2) is 5.08. The number of benzene rings is 1. The lowest BCUT2D eigenvalue weighted by molar-refractivity contribution is 0.459. The van der Waals surface area contributed by atoms with Gasteiger partial charge in [-0.2, -0.15) is 5.26 Å². The van der Waals surface area contributed by atoms with E-state index >= 15 is 0 Å². The number of hydrogen-bond donors (Lipinski definition) is 0. The van der Waals surface area contributed by atoms with Gasteiger partial charge in [-0.05, 0) is 24.1 Å². The zero-order valence-corrected chi connectivity index (χ0v) is 9.42. The molecule has 0 saturated heterocycles. The van der Waals surface area contributed by atoms with Crippen LogP contribution in [0.2, 0.25) is 0 Å². The quantitative estimate of drug-likeness (QED) is 0.805. The van der Waals surface area contributed by atoms with Gasteiger partial charge in [0.1, 0.15) is 11.8 Å². The van der Waals surface area contributed by atoms with Gasteiger partial charge < -0.3 is 4.74 Å². The molecule has 0 radical (unpaired) electrons. The highest BCUT2D eigenvalue weighted by Crippen LogP contribution is 2.19. The molecule has 0 bridgehead atoms. The lowest BCUT2D eigenvalue weighted by atomic mass is 10.2. The van der Waals surface area contributed by atoms with Gasteiger partial charge in [0, 0.05) is 0 Å². The fourth-order valence-electron chi connectivity index (χ4n) is 1.38. The van der Waals surface area contributed by atoms with Crippen molar-refractivity contribution in [2.45, 2.75) is 13.3 Å². The molecule has 1 aromatic carbocycles. The highest BCUT2D eigenvalue weighted by molar-refractivity contribution is 5.31. The van der Waals surface area contributed by atoms with E-state index in [1.165, 1.54) is 18.0 Å². The molecule has 0 aliphatic heterocycles. The van der Waals surface area contributed by atoms with Crippen molar-refractivity contribution in [2.24, 2.45) is 0 Å². The van der Waals surface area contributed by atoms with E-state index in [0.717, 1.165) is 12.2 Å². The summed E-state index contributed by atoms with van der Waals surface area (Å²) in [6.07, 6.45) is 3.78. The fourth-order valence-corrected chi connectivity index (χ4v) is 1.38. The van der Waals surface area contributed by atoms with Gasteiger partial charge in [0.25, 0.3) is 0 Å². The van der Waals surface area contributed by atoms with Gasteiger partial charge in [-0.15, -0.1) is 0 Å². The topological polar surface area (TPSA) is 58.8 Å². The maximum Gasteiger partial charge on any atom is 0.237 e. The number of ether oxygens (including phenoxy) is 1. The summed E-state index contributed by atoms with van der Waals surface area (Å²) in [6, 6.07) is 9.70. The molecular formula is C13H11N3O. The van der Waals surface area contributed by atoms with E-state index in [4.69, 9.17) is 10.00 Å². The Morgan fingerprint density at radius 2 is 2.18 bits per heavy atom. The van der Waals surface area contributed by atoms with Crippen LogP contribution in [0.5, 0.6) is 11.6 Å². The first-order valence-electron chi connectivity index (χ1n) is 5.30. The van der Waals surface area contributed by atoms with Gasteiger partial charge in [0.05, 0.1) is 12.4 Å². The van der Waals surface area contributed by atoms with E-state index < -0.39 is 0 Å². The van der Waals surface area contributed by atoms with Gasteiger partial charge >= 0.3 is 0 Å². The zero-order valence-electron chi connectivity index (χ0n) is 9.42. The van der Waals surface area contributed by atoms with Crippen LogP contribution < -0.4 is 4.74 Å². The monoisotopic (exact) mass is 225 g/mol. The molecule has 17 heavy (non-hydrogen) atoms. The molecule has 0 saturated carbocycles. The Kier molecular flexibility index (Phi) is 3.31. The van der Waals surface area contributed by atoms with Gasteiger partial charge in [0.2, 0.25) is 5.88 Å². The molecule has 0 atom stereocenters. The number of aromatic nitrogens is 2. The number of aryl methyl sites for hydroxylation is 1. The minimum absolute atomic E-state index is 0.277. The van der Waals surface area contributed by atoms with E-state index in [-0.39, 0.29) is 5.69 Å². The van der Waals surface area contributed by atoms with Crippen LogP contribution in [0.1, 0.15) is 18.2 Å². The summed E-state index contributed by atoms with van der Waals surface area (Å²) in [4.78, 5) is 7.88. The highest BCUT2D eigenvalue weighted by Gasteiger charge is 2.00. The lowest BCUT2D eigenvalue weighted by Crippen LogP contribution is -1.91. The van der Waals surface area contributed by atoms with Crippen LogP contribution in [0.4, 0.5) is 0 Å². The molecule has 0 aliphatic rings. The van der Waals surface area contributed by atoms with Crippen LogP contribution in [-0.2, 0) is 6.42 Å². The van der Waals surface area contributed by atoms with Crippen molar-refractivity contribution in [3.63, 3.8) is 0 Å². The molecule has 0 unspecified atom stereocenters. The van der Waals surface area contributed by atoms with Crippen LogP contribution >= 0.6 is 0 Å². The molecule has 0 N–H and O–H groups in total. The molecule has 84 valence electrons. The summed E-state index contributed by atoms with van der Waals surface area (Å²) in [5.74, 6) is 1.11. The Bertz CT molecular complexity index is 543. The zero-order chi connectivity index (χ0) is 12.1. The SMILES string of the molecule is CCc1cccc(Oc2cnc(C#N)cn2)c1. The number of nitriles is 1. The summed E-state index contributed by atoms with van der Waals surface area (Å²) < 4.78 is 5.54. The van der Waals surface area contributed by atoms with Gasteiger partial charge in [-0.1, -0.05) is 19.1 Å². The second-order valence-corrected chi connectivity index (χ2v) is 3.45. The standard InChI is InChI=1S/C13H11N3O/c1-2-10-4-3-5-12(6-10)17-13-9-15-11(7-14)8-16-13/h3-6,8-9H,2H2,1H3. The van der Waals surface area contributed by atoms with Crippen molar-refractivity contribution in [2.75, 3.05) is 0 Å². The van der Waals surface area contributed by atoms with Gasteiger partial charge in [-0.3, -0.25) is 0 Å². The molecule has 0 aliphatic carbocycles. The Balaban J connectivity index is 2.16. The number of hydrogen-bond acceptors (Lipinski definition) is 4. The maximum absolute atomic E-state index is 8.59. The van der Waals surface area contributed by atoms with Crippen LogP contribution in [0, 0.1) is 11.3 Å². The smallest absolute Gasteiger partial charge is 0.237 e. The van der Waals surface area contributed by atoms with E-state index in [1.807, 2.05) is 30.3 Å². The molecule has 0 spiro atoms. The summed E-state index contributed by atoms with van der Waals surface area (Å²) in [6.45, 7) is 2.08. The summed E-state index contributed by atoms with van der Waals surface area (Å²) in [5, 5.41) is 8.59. The molecule has 0 amide bonds. The Hall–Kier alpha value is -2.41. The minimum Gasteiger partial charge on any atom is -0.437 e. The average Bonchev–Trinajstić information content (AvgIpc) is 2.40. The molecule has 0 fully saturated rings. The van der Waals surface area contributed by atoms with Gasteiger partial charge in [0.15, 0.2) is 5.69 Å². The van der Waals surface area contributed by atoms with E-state index in [1.54, 1.807) is 0 Å². The number of nitrogens with zero attached hydrogens (tertiary/aromatic N) is 3. The average molecular weight is 225 g/mol. The normalized spacial score (nSPS) is 9.65. The molecular weight excluding hydrogens is 214 g/mol. The second-order valence-electron chi connectivity index (χ2n) is 3.45.